The molecule has 0 fully saturated rings. The number of halogens is 4. The molecule has 102 valence electrons. The quantitative estimate of drug-likeness (QED) is 0.683. The van der Waals surface area contributed by atoms with Crippen molar-refractivity contribution >= 4 is 29.4 Å². The Hall–Kier alpha value is -1.82. The van der Waals surface area contributed by atoms with Gasteiger partial charge in [-0.2, -0.15) is 13.2 Å². The molecule has 7 heteroatoms. The molecule has 1 rings (SSSR count). The molecular weight excluding hydrogens is 285 g/mol. The van der Waals surface area contributed by atoms with E-state index in [4.69, 9.17) is 16.7 Å². The zero-order valence-electron chi connectivity index (χ0n) is 9.37. The molecular formula is C12H8ClF3O3. The lowest BCUT2D eigenvalue weighted by atomic mass is 10.1. The van der Waals surface area contributed by atoms with Crippen LogP contribution in [0.1, 0.15) is 17.5 Å². The second-order valence-corrected chi connectivity index (χ2v) is 4.01. The van der Waals surface area contributed by atoms with Crippen LogP contribution in [-0.4, -0.2) is 16.9 Å². The van der Waals surface area contributed by atoms with Gasteiger partial charge in [-0.05, 0) is 23.8 Å². The molecule has 0 aliphatic rings. The fraction of sp³-hybridized carbons (Fsp3) is 0.167. The van der Waals surface area contributed by atoms with Crippen molar-refractivity contribution in [3.8, 4) is 0 Å². The molecule has 0 atom stereocenters. The Bertz CT molecular complexity index is 536. The second-order valence-electron chi connectivity index (χ2n) is 3.61. The van der Waals surface area contributed by atoms with Gasteiger partial charge in [-0.1, -0.05) is 23.7 Å². The van der Waals surface area contributed by atoms with Gasteiger partial charge in [0.25, 0.3) is 0 Å². The van der Waals surface area contributed by atoms with Gasteiger partial charge in [-0.15, -0.1) is 0 Å². The van der Waals surface area contributed by atoms with Crippen LogP contribution in [0.4, 0.5) is 13.2 Å². The van der Waals surface area contributed by atoms with E-state index >= 15 is 0 Å². The first-order valence-corrected chi connectivity index (χ1v) is 5.37. The molecule has 3 nitrogen and oxygen atoms in total. The van der Waals surface area contributed by atoms with Crippen molar-refractivity contribution in [2.75, 3.05) is 0 Å². The number of benzene rings is 1. The Morgan fingerprint density at radius 1 is 1.32 bits per heavy atom. The van der Waals surface area contributed by atoms with E-state index in [0.29, 0.717) is 0 Å². The number of rotatable bonds is 4. The Balaban J connectivity index is 2.88. The third-order valence-corrected chi connectivity index (χ3v) is 2.40. The summed E-state index contributed by atoms with van der Waals surface area (Å²) in [6.07, 6.45) is -3.03. The minimum absolute atomic E-state index is 0.275. The van der Waals surface area contributed by atoms with E-state index in [0.717, 1.165) is 24.3 Å². The maximum atomic E-state index is 12.4. The van der Waals surface area contributed by atoms with Crippen LogP contribution in [0.2, 0.25) is 5.02 Å². The average Bonchev–Trinajstić information content (AvgIpc) is 2.23. The summed E-state index contributed by atoms with van der Waals surface area (Å²) in [5.74, 6) is -1.94. The maximum absolute atomic E-state index is 12.4. The number of carbonyl (C=O) groups is 2. The van der Waals surface area contributed by atoms with Crippen LogP contribution >= 0.6 is 11.6 Å². The molecule has 0 heterocycles. The van der Waals surface area contributed by atoms with Crippen LogP contribution in [0.25, 0.3) is 6.08 Å². The lowest BCUT2D eigenvalue weighted by Crippen LogP contribution is -2.05. The Kier molecular flexibility index (Phi) is 4.72. The highest BCUT2D eigenvalue weighted by atomic mass is 35.5. The lowest BCUT2D eigenvalue weighted by Gasteiger charge is -2.08. The van der Waals surface area contributed by atoms with E-state index in [1.807, 2.05) is 0 Å². The number of hydrogen-bond acceptors (Lipinski definition) is 2. The molecule has 0 unspecified atom stereocenters. The van der Waals surface area contributed by atoms with Crippen molar-refractivity contribution < 1.29 is 27.9 Å². The monoisotopic (exact) mass is 292 g/mol. The summed E-state index contributed by atoms with van der Waals surface area (Å²) in [6.45, 7) is 0. The molecule has 1 aromatic carbocycles. The minimum Gasteiger partial charge on any atom is -0.481 e. The van der Waals surface area contributed by atoms with Gasteiger partial charge in [0.15, 0.2) is 5.78 Å². The van der Waals surface area contributed by atoms with Crippen LogP contribution in [-0.2, 0) is 15.8 Å². The van der Waals surface area contributed by atoms with Gasteiger partial charge < -0.3 is 5.11 Å². The number of aliphatic carboxylic acids is 1. The molecule has 0 spiro atoms. The van der Waals surface area contributed by atoms with Crippen molar-refractivity contribution in [1.29, 1.82) is 0 Å². The Morgan fingerprint density at radius 2 is 1.95 bits per heavy atom. The fourth-order valence-electron chi connectivity index (χ4n) is 1.26. The third-order valence-electron chi connectivity index (χ3n) is 2.09. The molecule has 0 bridgehead atoms. The van der Waals surface area contributed by atoms with Crippen molar-refractivity contribution in [3.63, 3.8) is 0 Å². The number of carbonyl (C=O) groups excluding carboxylic acids is 1. The average molecular weight is 293 g/mol. The summed E-state index contributed by atoms with van der Waals surface area (Å²) in [6, 6.07) is 2.98. The standard InChI is InChI=1S/C12H8ClF3O3/c13-10-5-7(1-3-8(17)6-11(18)19)2-4-9(10)12(14,15)16/h1-5H,6H2,(H,18,19). The van der Waals surface area contributed by atoms with Crippen molar-refractivity contribution in [2.24, 2.45) is 0 Å². The molecule has 1 aromatic rings. The lowest BCUT2D eigenvalue weighted by molar-refractivity contribution is -0.139. The first-order valence-electron chi connectivity index (χ1n) is 4.99. The summed E-state index contributed by atoms with van der Waals surface area (Å²) in [7, 11) is 0. The molecule has 0 aromatic heterocycles. The van der Waals surface area contributed by atoms with Gasteiger partial charge in [-0.25, -0.2) is 0 Å². The van der Waals surface area contributed by atoms with Crippen LogP contribution in [0.5, 0.6) is 0 Å². The predicted molar refractivity (Wildman–Crippen MR) is 62.7 cm³/mol. The van der Waals surface area contributed by atoms with Crippen LogP contribution in [0.15, 0.2) is 24.3 Å². The molecule has 0 saturated carbocycles. The molecule has 19 heavy (non-hydrogen) atoms. The molecule has 0 aliphatic carbocycles. The third kappa shape index (κ3) is 4.75. The van der Waals surface area contributed by atoms with Gasteiger partial charge in [0.05, 0.1) is 10.6 Å². The fourth-order valence-corrected chi connectivity index (χ4v) is 1.56. The number of carboxylic acids is 1. The van der Waals surface area contributed by atoms with Crippen molar-refractivity contribution in [1.82, 2.24) is 0 Å². The summed E-state index contributed by atoms with van der Waals surface area (Å²) in [5, 5.41) is 7.86. The number of hydrogen-bond donors (Lipinski definition) is 1. The summed E-state index contributed by atoms with van der Waals surface area (Å²) >= 11 is 5.48. The zero-order valence-corrected chi connectivity index (χ0v) is 10.1. The highest BCUT2D eigenvalue weighted by Gasteiger charge is 2.32. The Morgan fingerprint density at radius 3 is 2.42 bits per heavy atom. The van der Waals surface area contributed by atoms with Gasteiger partial charge in [0.1, 0.15) is 6.42 Å². The van der Waals surface area contributed by atoms with Crippen molar-refractivity contribution in [3.05, 3.63) is 40.4 Å². The summed E-state index contributed by atoms with van der Waals surface area (Å²) in [5.41, 5.74) is -0.695. The van der Waals surface area contributed by atoms with Gasteiger partial charge in [-0.3, -0.25) is 9.59 Å². The smallest absolute Gasteiger partial charge is 0.417 e. The maximum Gasteiger partial charge on any atom is 0.417 e. The van der Waals surface area contributed by atoms with Crippen molar-refractivity contribution in [2.45, 2.75) is 12.6 Å². The van der Waals surface area contributed by atoms with Gasteiger partial charge in [0, 0.05) is 0 Å². The number of allylic oxidation sites excluding steroid dienone is 1. The van der Waals surface area contributed by atoms with E-state index in [-0.39, 0.29) is 5.56 Å². The largest absolute Gasteiger partial charge is 0.481 e. The molecule has 0 aliphatic heterocycles. The van der Waals surface area contributed by atoms with Gasteiger partial charge in [0.2, 0.25) is 0 Å². The van der Waals surface area contributed by atoms with Crippen LogP contribution < -0.4 is 0 Å². The molecule has 0 amide bonds. The molecule has 0 saturated heterocycles. The minimum atomic E-state index is -4.54. The number of carboxylic acid groups (broad SMARTS) is 1. The Labute approximate surface area is 111 Å². The molecule has 1 N–H and O–H groups in total. The van der Waals surface area contributed by atoms with E-state index < -0.39 is 34.9 Å². The van der Waals surface area contributed by atoms with E-state index in [9.17, 15) is 22.8 Å². The highest BCUT2D eigenvalue weighted by Crippen LogP contribution is 2.35. The zero-order chi connectivity index (χ0) is 14.6. The van der Waals surface area contributed by atoms with Crippen LogP contribution in [0.3, 0.4) is 0 Å². The second kappa shape index (κ2) is 5.88. The highest BCUT2D eigenvalue weighted by molar-refractivity contribution is 6.31. The predicted octanol–water partition coefficient (Wildman–Crippen LogP) is 3.42. The van der Waals surface area contributed by atoms with Crippen LogP contribution in [0, 0.1) is 0 Å². The molecule has 0 radical (unpaired) electrons. The van der Waals surface area contributed by atoms with E-state index in [2.05, 4.69) is 0 Å². The van der Waals surface area contributed by atoms with Gasteiger partial charge >= 0.3 is 12.1 Å². The first kappa shape index (κ1) is 15.2. The SMILES string of the molecule is O=C(O)CC(=O)C=Cc1ccc(C(F)(F)F)c(Cl)c1. The summed E-state index contributed by atoms with van der Waals surface area (Å²) in [4.78, 5) is 21.3. The number of ketones is 1. The van der Waals surface area contributed by atoms with E-state index in [1.165, 1.54) is 6.08 Å². The normalized spacial score (nSPS) is 11.8. The first-order chi connectivity index (χ1) is 8.70. The topological polar surface area (TPSA) is 54.4 Å². The van der Waals surface area contributed by atoms with E-state index in [1.54, 1.807) is 0 Å². The summed E-state index contributed by atoms with van der Waals surface area (Å²) < 4.78 is 37.2. The number of alkyl halides is 3.